The lowest BCUT2D eigenvalue weighted by Crippen LogP contribution is -3.00. The molecule has 2 nitrogen and oxygen atoms in total. The molecule has 0 aromatic carbocycles. The van der Waals surface area contributed by atoms with Crippen LogP contribution in [0.2, 0.25) is 0 Å². The van der Waals surface area contributed by atoms with Crippen LogP contribution in [0.15, 0.2) is 10.7 Å². The number of hydrogen-bond donors (Lipinski definition) is 0. The highest BCUT2D eigenvalue weighted by molar-refractivity contribution is 9.11. The second kappa shape index (κ2) is 3.92. The van der Waals surface area contributed by atoms with Crippen LogP contribution in [0.5, 0.6) is 0 Å². The second-order valence-electron chi connectivity index (χ2n) is 3.21. The average molecular weight is 299 g/mol. The summed E-state index contributed by atoms with van der Waals surface area (Å²) in [7, 11) is 2.03. The molecule has 0 saturated carbocycles. The smallest absolute Gasteiger partial charge is 0.339 e. The predicted molar refractivity (Wildman–Crippen MR) is 49.0 cm³/mol. The van der Waals surface area contributed by atoms with E-state index in [1.165, 1.54) is 0 Å². The van der Waals surface area contributed by atoms with Crippen LogP contribution < -0.4 is 17.0 Å². The SMILES string of the molecule is CC1=[N+](C)C(C)(C)C(=CBr)O1.[Br-]. The Bertz CT molecular complexity index is 243. The van der Waals surface area contributed by atoms with Gasteiger partial charge in [0.15, 0.2) is 5.76 Å². The molecule has 0 N–H and O–H groups in total. The molecule has 0 radical (unpaired) electrons. The molecule has 70 valence electrons. The van der Waals surface area contributed by atoms with Crippen molar-refractivity contribution >= 4 is 21.8 Å². The highest BCUT2D eigenvalue weighted by Gasteiger charge is 2.42. The fourth-order valence-corrected chi connectivity index (χ4v) is 1.72. The van der Waals surface area contributed by atoms with Gasteiger partial charge in [-0.15, -0.1) is 0 Å². The van der Waals surface area contributed by atoms with Crippen molar-refractivity contribution in [3.05, 3.63) is 10.7 Å². The van der Waals surface area contributed by atoms with Crippen LogP contribution >= 0.6 is 15.9 Å². The van der Waals surface area contributed by atoms with Gasteiger partial charge in [0, 0.05) is 18.8 Å². The molecule has 0 bridgehead atoms. The molecule has 0 spiro atoms. The Morgan fingerprint density at radius 1 is 1.50 bits per heavy atom. The molecule has 0 atom stereocenters. The lowest BCUT2D eigenvalue weighted by Gasteiger charge is -2.11. The van der Waals surface area contributed by atoms with Gasteiger partial charge in [0.2, 0.25) is 5.54 Å². The van der Waals surface area contributed by atoms with Crippen molar-refractivity contribution in [1.29, 1.82) is 0 Å². The molecule has 4 heteroatoms. The minimum Gasteiger partial charge on any atom is -1.00 e. The molecular formula is C8H13Br2NO. The number of halogens is 2. The lowest BCUT2D eigenvalue weighted by atomic mass is 10.0. The van der Waals surface area contributed by atoms with Crippen LogP contribution in [-0.2, 0) is 4.74 Å². The first-order valence-corrected chi connectivity index (χ1v) is 4.48. The summed E-state index contributed by atoms with van der Waals surface area (Å²) in [6, 6.07) is 0. The maximum Gasteiger partial charge on any atom is 0.339 e. The number of ether oxygens (including phenoxy) is 1. The minimum atomic E-state index is -0.0203. The van der Waals surface area contributed by atoms with Gasteiger partial charge in [-0.3, -0.25) is 0 Å². The predicted octanol–water partition coefficient (Wildman–Crippen LogP) is -0.904. The highest BCUT2D eigenvalue weighted by atomic mass is 79.9. The Labute approximate surface area is 92.2 Å². The van der Waals surface area contributed by atoms with Crippen molar-refractivity contribution in [2.75, 3.05) is 7.05 Å². The molecule has 0 aromatic heterocycles. The molecule has 0 saturated heterocycles. The molecule has 0 unspecified atom stereocenters. The zero-order chi connectivity index (χ0) is 8.65. The molecule has 1 aliphatic heterocycles. The van der Waals surface area contributed by atoms with Crippen molar-refractivity contribution in [3.8, 4) is 0 Å². The van der Waals surface area contributed by atoms with Gasteiger partial charge in [-0.2, -0.15) is 4.58 Å². The molecule has 1 aliphatic rings. The average Bonchev–Trinajstić information content (AvgIpc) is 2.13. The first-order chi connectivity index (χ1) is 5.00. The van der Waals surface area contributed by atoms with Crippen LogP contribution in [-0.4, -0.2) is 23.1 Å². The third-order valence-corrected chi connectivity index (χ3v) is 2.69. The van der Waals surface area contributed by atoms with Gasteiger partial charge in [0.05, 0.1) is 6.92 Å². The lowest BCUT2D eigenvalue weighted by molar-refractivity contribution is -0.557. The molecule has 0 fully saturated rings. The van der Waals surface area contributed by atoms with Crippen LogP contribution in [0, 0.1) is 0 Å². The molecule has 1 rings (SSSR count). The normalized spacial score (nSPS) is 23.9. The third-order valence-electron chi connectivity index (χ3n) is 2.27. The molecule has 1 heterocycles. The van der Waals surface area contributed by atoms with E-state index in [-0.39, 0.29) is 22.5 Å². The first-order valence-electron chi connectivity index (χ1n) is 3.56. The fraction of sp³-hybridized carbons (Fsp3) is 0.625. The molecular weight excluding hydrogens is 286 g/mol. The first kappa shape index (κ1) is 12.2. The van der Waals surface area contributed by atoms with Gasteiger partial charge < -0.3 is 21.7 Å². The van der Waals surface area contributed by atoms with E-state index in [1.807, 2.05) is 19.0 Å². The maximum absolute atomic E-state index is 5.49. The van der Waals surface area contributed by atoms with Gasteiger partial charge in [-0.1, -0.05) is 15.9 Å². The van der Waals surface area contributed by atoms with Crippen molar-refractivity contribution in [3.63, 3.8) is 0 Å². The standard InChI is InChI=1S/C8H13BrNO.BrH/c1-6-10(4)8(2,3)7(5-9)11-6;/h5H,1-4H3;1H/q+1;/p-1. The van der Waals surface area contributed by atoms with Crippen molar-refractivity contribution in [2.45, 2.75) is 26.3 Å². The Morgan fingerprint density at radius 2 is 2.00 bits per heavy atom. The van der Waals surface area contributed by atoms with Crippen LogP contribution in [0.1, 0.15) is 20.8 Å². The van der Waals surface area contributed by atoms with E-state index in [0.717, 1.165) is 11.7 Å². The number of likely N-dealkylation sites (N-methyl/N-ethyl adjacent to an activating group) is 1. The van der Waals surface area contributed by atoms with Crippen molar-refractivity contribution in [1.82, 2.24) is 0 Å². The van der Waals surface area contributed by atoms with Gasteiger partial charge in [-0.05, 0) is 0 Å². The monoisotopic (exact) mass is 297 g/mol. The molecule has 0 aromatic rings. The Morgan fingerprint density at radius 3 is 2.17 bits per heavy atom. The zero-order valence-corrected chi connectivity index (χ0v) is 10.9. The minimum absolute atomic E-state index is 0. The van der Waals surface area contributed by atoms with Gasteiger partial charge in [-0.25, -0.2) is 0 Å². The largest absolute Gasteiger partial charge is 1.00 e. The Kier molecular flexibility index (Phi) is 3.97. The number of hydrogen-bond acceptors (Lipinski definition) is 1. The van der Waals surface area contributed by atoms with Gasteiger partial charge in [0.1, 0.15) is 7.05 Å². The summed E-state index contributed by atoms with van der Waals surface area (Å²) in [5.41, 5.74) is -0.0203. The summed E-state index contributed by atoms with van der Waals surface area (Å²) in [6.07, 6.45) is 0. The van der Waals surface area contributed by atoms with E-state index in [4.69, 9.17) is 4.74 Å². The van der Waals surface area contributed by atoms with E-state index in [0.29, 0.717) is 0 Å². The van der Waals surface area contributed by atoms with Gasteiger partial charge >= 0.3 is 5.90 Å². The van der Waals surface area contributed by atoms with Crippen LogP contribution in [0.4, 0.5) is 0 Å². The second-order valence-corrected chi connectivity index (χ2v) is 3.67. The van der Waals surface area contributed by atoms with E-state index in [2.05, 4.69) is 34.4 Å². The Hall–Kier alpha value is 0.170. The molecule has 0 amide bonds. The summed E-state index contributed by atoms with van der Waals surface area (Å²) in [4.78, 5) is 1.83. The van der Waals surface area contributed by atoms with E-state index < -0.39 is 0 Å². The van der Waals surface area contributed by atoms with Crippen LogP contribution in [0.3, 0.4) is 0 Å². The van der Waals surface area contributed by atoms with Crippen molar-refractivity contribution in [2.24, 2.45) is 0 Å². The number of nitrogens with zero attached hydrogens (tertiary/aromatic N) is 1. The fourth-order valence-electron chi connectivity index (χ4n) is 1.07. The Balaban J connectivity index is 0.00000121. The summed E-state index contributed by atoms with van der Waals surface area (Å²) in [5.74, 6) is 1.90. The van der Waals surface area contributed by atoms with E-state index >= 15 is 0 Å². The zero-order valence-electron chi connectivity index (χ0n) is 7.69. The summed E-state index contributed by atoms with van der Waals surface area (Å²) < 4.78 is 7.61. The summed E-state index contributed by atoms with van der Waals surface area (Å²) >= 11 is 3.28. The summed E-state index contributed by atoms with van der Waals surface area (Å²) in [6.45, 7) is 6.21. The number of rotatable bonds is 0. The summed E-state index contributed by atoms with van der Waals surface area (Å²) in [5, 5.41) is 0. The molecule has 0 aliphatic carbocycles. The molecule has 12 heavy (non-hydrogen) atoms. The topological polar surface area (TPSA) is 12.2 Å². The van der Waals surface area contributed by atoms with Crippen molar-refractivity contribution < 1.29 is 26.3 Å². The highest BCUT2D eigenvalue weighted by Crippen LogP contribution is 2.27. The van der Waals surface area contributed by atoms with Gasteiger partial charge in [0.25, 0.3) is 0 Å². The van der Waals surface area contributed by atoms with Crippen LogP contribution in [0.25, 0.3) is 0 Å². The third kappa shape index (κ3) is 1.74. The maximum atomic E-state index is 5.49. The van der Waals surface area contributed by atoms with E-state index in [9.17, 15) is 0 Å². The quantitative estimate of drug-likeness (QED) is 0.528. The van der Waals surface area contributed by atoms with E-state index in [1.54, 1.807) is 0 Å².